The van der Waals surface area contributed by atoms with Gasteiger partial charge >= 0.3 is 0 Å². The zero-order valence-electron chi connectivity index (χ0n) is 15.0. The molecule has 5 aromatic rings. The Labute approximate surface area is 163 Å². The van der Waals surface area contributed by atoms with E-state index in [1.54, 1.807) is 0 Å². The largest absolute Gasteiger partial charge is 0.309 e. The van der Waals surface area contributed by atoms with Crippen LogP contribution in [0.5, 0.6) is 0 Å². The Morgan fingerprint density at radius 2 is 1.26 bits per heavy atom. The zero-order chi connectivity index (χ0) is 18.4. The van der Waals surface area contributed by atoms with Crippen molar-refractivity contribution in [1.29, 1.82) is 0 Å². The van der Waals surface area contributed by atoms with Crippen molar-refractivity contribution < 1.29 is 0 Å². The number of aromatic nitrogens is 1. The van der Waals surface area contributed by atoms with Crippen molar-refractivity contribution in [2.75, 3.05) is 0 Å². The Balaban J connectivity index is 1.70. The molecular weight excluding hydrogens is 350 g/mol. The second kappa shape index (κ2) is 6.29. The Bertz CT molecular complexity index is 1260. The van der Waals surface area contributed by atoms with Crippen molar-refractivity contribution in [2.45, 2.75) is 6.92 Å². The van der Waals surface area contributed by atoms with Crippen LogP contribution in [-0.4, -0.2) is 4.57 Å². The molecule has 0 N–H and O–H groups in total. The number of para-hydroxylation sites is 1. The first-order chi connectivity index (χ1) is 13.2. The third-order valence-corrected chi connectivity index (χ3v) is 5.38. The molecule has 0 atom stereocenters. The summed E-state index contributed by atoms with van der Waals surface area (Å²) in [5.41, 5.74) is 7.19. The van der Waals surface area contributed by atoms with Gasteiger partial charge in [0.15, 0.2) is 0 Å². The van der Waals surface area contributed by atoms with Crippen molar-refractivity contribution in [1.82, 2.24) is 4.57 Å². The minimum Gasteiger partial charge on any atom is -0.309 e. The zero-order valence-corrected chi connectivity index (χ0v) is 15.7. The number of rotatable bonds is 2. The van der Waals surface area contributed by atoms with E-state index >= 15 is 0 Å². The van der Waals surface area contributed by atoms with E-state index in [1.165, 1.54) is 33.0 Å². The Morgan fingerprint density at radius 1 is 0.630 bits per heavy atom. The van der Waals surface area contributed by atoms with Gasteiger partial charge in [0, 0.05) is 21.5 Å². The van der Waals surface area contributed by atoms with Gasteiger partial charge in [-0.1, -0.05) is 77.8 Å². The molecule has 0 fully saturated rings. The molecule has 1 heterocycles. The van der Waals surface area contributed by atoms with Gasteiger partial charge < -0.3 is 4.57 Å². The Morgan fingerprint density at radius 3 is 2.00 bits per heavy atom. The summed E-state index contributed by atoms with van der Waals surface area (Å²) in [4.78, 5) is 0. The number of benzene rings is 4. The Kier molecular flexibility index (Phi) is 3.77. The molecule has 0 aliphatic rings. The molecule has 0 unspecified atom stereocenters. The number of aryl methyl sites for hydroxylation is 1. The summed E-state index contributed by atoms with van der Waals surface area (Å²) in [5.74, 6) is 0. The van der Waals surface area contributed by atoms with Gasteiger partial charge in [0.2, 0.25) is 0 Å². The molecule has 5 rings (SSSR count). The van der Waals surface area contributed by atoms with E-state index in [1.807, 2.05) is 12.1 Å². The van der Waals surface area contributed by atoms with Crippen LogP contribution < -0.4 is 0 Å². The lowest BCUT2D eigenvalue weighted by molar-refractivity contribution is 1.18. The predicted molar refractivity (Wildman–Crippen MR) is 116 cm³/mol. The molecule has 0 aliphatic carbocycles. The molecule has 0 spiro atoms. The average molecular weight is 368 g/mol. The van der Waals surface area contributed by atoms with Crippen molar-refractivity contribution in [2.24, 2.45) is 0 Å². The van der Waals surface area contributed by atoms with Crippen LogP contribution in [0.25, 0.3) is 38.6 Å². The van der Waals surface area contributed by atoms with Gasteiger partial charge in [0.1, 0.15) is 0 Å². The van der Waals surface area contributed by atoms with Crippen LogP contribution in [0.15, 0.2) is 91.0 Å². The topological polar surface area (TPSA) is 4.93 Å². The van der Waals surface area contributed by atoms with E-state index in [9.17, 15) is 0 Å². The summed E-state index contributed by atoms with van der Waals surface area (Å²) in [7, 11) is 0. The van der Waals surface area contributed by atoms with Crippen LogP contribution >= 0.6 is 11.6 Å². The summed E-state index contributed by atoms with van der Waals surface area (Å²) in [5, 5.41) is 3.22. The van der Waals surface area contributed by atoms with E-state index in [-0.39, 0.29) is 0 Å². The van der Waals surface area contributed by atoms with E-state index in [0.29, 0.717) is 0 Å². The quantitative estimate of drug-likeness (QED) is 0.306. The third-order valence-electron chi connectivity index (χ3n) is 5.15. The summed E-state index contributed by atoms with van der Waals surface area (Å²) in [6.45, 7) is 2.11. The van der Waals surface area contributed by atoms with E-state index < -0.39 is 0 Å². The maximum Gasteiger partial charge on any atom is 0.0555 e. The molecule has 0 bridgehead atoms. The normalized spacial score (nSPS) is 11.3. The van der Waals surface area contributed by atoms with Crippen molar-refractivity contribution in [3.63, 3.8) is 0 Å². The van der Waals surface area contributed by atoms with Crippen LogP contribution in [0.2, 0.25) is 5.02 Å². The fourth-order valence-corrected chi connectivity index (χ4v) is 3.94. The van der Waals surface area contributed by atoms with Crippen LogP contribution in [0.1, 0.15) is 5.56 Å². The number of hydrogen-bond donors (Lipinski definition) is 0. The van der Waals surface area contributed by atoms with Crippen LogP contribution in [0.4, 0.5) is 0 Å². The highest BCUT2D eigenvalue weighted by Crippen LogP contribution is 2.34. The second-order valence-electron chi connectivity index (χ2n) is 6.93. The fourth-order valence-electron chi connectivity index (χ4n) is 3.77. The van der Waals surface area contributed by atoms with Gasteiger partial charge in [-0.2, -0.15) is 0 Å². The smallest absolute Gasteiger partial charge is 0.0555 e. The molecule has 0 radical (unpaired) electrons. The van der Waals surface area contributed by atoms with Gasteiger partial charge in [-0.05, 0) is 48.4 Å². The number of nitrogens with zero attached hydrogens (tertiary/aromatic N) is 1. The molecule has 1 nitrogen and oxygen atoms in total. The van der Waals surface area contributed by atoms with E-state index in [4.69, 9.17) is 11.6 Å². The second-order valence-corrected chi connectivity index (χ2v) is 7.36. The molecule has 130 valence electrons. The van der Waals surface area contributed by atoms with Gasteiger partial charge in [0.05, 0.1) is 11.0 Å². The highest BCUT2D eigenvalue weighted by Gasteiger charge is 2.12. The third kappa shape index (κ3) is 2.72. The summed E-state index contributed by atoms with van der Waals surface area (Å²) in [6, 6.07) is 32.0. The van der Waals surface area contributed by atoms with Crippen molar-refractivity contribution in [3.8, 4) is 16.8 Å². The molecule has 1 aromatic heterocycles. The molecule has 4 aromatic carbocycles. The van der Waals surface area contributed by atoms with E-state index in [0.717, 1.165) is 16.2 Å². The molecule has 0 amide bonds. The SMILES string of the molecule is Cc1ccc(-c2ccc(-n3c4ccccc4c4ccc(Cl)cc43)cc2)cc1. The molecular formula is C25H18ClN. The number of halogens is 1. The lowest BCUT2D eigenvalue weighted by Crippen LogP contribution is -1.93. The number of hydrogen-bond acceptors (Lipinski definition) is 0. The van der Waals surface area contributed by atoms with Gasteiger partial charge in [0.25, 0.3) is 0 Å². The molecule has 0 saturated heterocycles. The van der Waals surface area contributed by atoms with Crippen LogP contribution in [0, 0.1) is 6.92 Å². The molecule has 27 heavy (non-hydrogen) atoms. The van der Waals surface area contributed by atoms with Crippen molar-refractivity contribution in [3.05, 3.63) is 102 Å². The molecule has 0 aliphatic heterocycles. The van der Waals surface area contributed by atoms with Gasteiger partial charge in [-0.3, -0.25) is 0 Å². The fraction of sp³-hybridized carbons (Fsp3) is 0.0400. The predicted octanol–water partition coefficient (Wildman–Crippen LogP) is 7.41. The lowest BCUT2D eigenvalue weighted by Gasteiger charge is -2.09. The molecule has 2 heteroatoms. The summed E-state index contributed by atoms with van der Waals surface area (Å²) >= 11 is 6.31. The first kappa shape index (κ1) is 16.2. The number of fused-ring (bicyclic) bond motifs is 3. The minimum atomic E-state index is 0.753. The van der Waals surface area contributed by atoms with Crippen LogP contribution in [-0.2, 0) is 0 Å². The summed E-state index contributed by atoms with van der Waals surface area (Å²) in [6.07, 6.45) is 0. The van der Waals surface area contributed by atoms with E-state index in [2.05, 4.69) is 90.4 Å². The lowest BCUT2D eigenvalue weighted by atomic mass is 10.0. The first-order valence-electron chi connectivity index (χ1n) is 9.07. The Hall–Kier alpha value is -3.03. The highest BCUT2D eigenvalue weighted by molar-refractivity contribution is 6.31. The monoisotopic (exact) mass is 367 g/mol. The van der Waals surface area contributed by atoms with Gasteiger partial charge in [-0.25, -0.2) is 0 Å². The van der Waals surface area contributed by atoms with Crippen molar-refractivity contribution >= 4 is 33.4 Å². The highest BCUT2D eigenvalue weighted by atomic mass is 35.5. The average Bonchev–Trinajstić information content (AvgIpc) is 3.02. The first-order valence-corrected chi connectivity index (χ1v) is 9.45. The summed E-state index contributed by atoms with van der Waals surface area (Å²) < 4.78 is 2.29. The molecule has 0 saturated carbocycles. The van der Waals surface area contributed by atoms with Gasteiger partial charge in [-0.15, -0.1) is 0 Å². The van der Waals surface area contributed by atoms with Crippen LogP contribution in [0.3, 0.4) is 0 Å². The minimum absolute atomic E-state index is 0.753. The maximum absolute atomic E-state index is 6.31. The standard InChI is InChI=1S/C25H18ClN/c1-17-6-8-18(9-7-17)19-10-13-21(14-11-19)27-24-5-3-2-4-22(24)23-15-12-20(26)16-25(23)27/h2-16H,1H3. The maximum atomic E-state index is 6.31.